The molecule has 94 valence electrons. The van der Waals surface area contributed by atoms with Crippen LogP contribution in [-0.4, -0.2) is 15.9 Å². The molecule has 1 aromatic carbocycles. The van der Waals surface area contributed by atoms with Crippen LogP contribution in [0.1, 0.15) is 22.2 Å². The molecule has 6 heteroatoms. The van der Waals surface area contributed by atoms with Gasteiger partial charge in [0, 0.05) is 16.6 Å². The fourth-order valence-electron chi connectivity index (χ4n) is 1.56. The van der Waals surface area contributed by atoms with Gasteiger partial charge < -0.3 is 10.4 Å². The molecule has 0 saturated heterocycles. The van der Waals surface area contributed by atoms with Gasteiger partial charge in [-0.05, 0) is 19.1 Å². The van der Waals surface area contributed by atoms with Crippen LogP contribution in [0, 0.1) is 0 Å². The number of ketones is 1. The van der Waals surface area contributed by atoms with Crippen LogP contribution < -0.4 is 5.32 Å². The number of aromatic hydroxyl groups is 1. The van der Waals surface area contributed by atoms with Crippen molar-refractivity contribution in [3.05, 3.63) is 39.3 Å². The molecule has 0 unspecified atom stereocenters. The maximum absolute atomic E-state index is 11.5. The number of Topliss-reactive ketones (excluding diaryl/α,β-unsaturated/α-hetero) is 1. The number of para-hydroxylation sites is 1. The normalized spacial score (nSPS) is 10.3. The molecular formula is C12H11ClN2O2S. The van der Waals surface area contributed by atoms with Crippen LogP contribution in [-0.2, 0) is 6.54 Å². The highest BCUT2D eigenvalue weighted by molar-refractivity contribution is 7.15. The monoisotopic (exact) mass is 282 g/mol. The first-order valence-corrected chi connectivity index (χ1v) is 6.44. The number of aromatic nitrogens is 1. The van der Waals surface area contributed by atoms with E-state index in [0.29, 0.717) is 22.3 Å². The Morgan fingerprint density at radius 3 is 2.94 bits per heavy atom. The lowest BCUT2D eigenvalue weighted by atomic mass is 10.1. The molecule has 0 saturated carbocycles. The van der Waals surface area contributed by atoms with Crippen LogP contribution in [0.2, 0.25) is 4.47 Å². The zero-order chi connectivity index (χ0) is 13.1. The third-order valence-corrected chi connectivity index (χ3v) is 3.50. The number of anilines is 1. The average Bonchev–Trinajstić information content (AvgIpc) is 2.73. The zero-order valence-corrected chi connectivity index (χ0v) is 11.2. The number of rotatable bonds is 4. The second-order valence-electron chi connectivity index (χ2n) is 3.69. The third-order valence-electron chi connectivity index (χ3n) is 2.39. The van der Waals surface area contributed by atoms with Crippen molar-refractivity contribution in [1.29, 1.82) is 0 Å². The molecule has 0 atom stereocenters. The number of halogens is 1. The minimum absolute atomic E-state index is 0.0540. The van der Waals surface area contributed by atoms with E-state index in [0.717, 1.165) is 4.88 Å². The number of hydrogen-bond donors (Lipinski definition) is 2. The molecular weight excluding hydrogens is 272 g/mol. The van der Waals surface area contributed by atoms with Gasteiger partial charge in [0.1, 0.15) is 5.75 Å². The van der Waals surface area contributed by atoms with E-state index in [1.54, 1.807) is 18.3 Å². The van der Waals surface area contributed by atoms with E-state index in [4.69, 9.17) is 11.6 Å². The summed E-state index contributed by atoms with van der Waals surface area (Å²) in [6.45, 7) is 1.92. The SMILES string of the molecule is CC(=O)c1cccc(O)c1NCc1cnc(Cl)s1. The minimum atomic E-state index is -0.101. The first kappa shape index (κ1) is 12.9. The van der Waals surface area contributed by atoms with E-state index >= 15 is 0 Å². The van der Waals surface area contributed by atoms with Gasteiger partial charge in [0.25, 0.3) is 0 Å². The lowest BCUT2D eigenvalue weighted by Gasteiger charge is -2.10. The number of benzene rings is 1. The van der Waals surface area contributed by atoms with Crippen LogP contribution in [0.25, 0.3) is 0 Å². The second kappa shape index (κ2) is 5.37. The minimum Gasteiger partial charge on any atom is -0.506 e. The average molecular weight is 283 g/mol. The fraction of sp³-hybridized carbons (Fsp3) is 0.167. The van der Waals surface area contributed by atoms with Crippen molar-refractivity contribution in [2.45, 2.75) is 13.5 Å². The van der Waals surface area contributed by atoms with Crippen molar-refractivity contribution >= 4 is 34.4 Å². The number of nitrogens with zero attached hydrogens (tertiary/aromatic N) is 1. The van der Waals surface area contributed by atoms with Gasteiger partial charge in [0.15, 0.2) is 10.3 Å². The summed E-state index contributed by atoms with van der Waals surface area (Å²) < 4.78 is 0.468. The summed E-state index contributed by atoms with van der Waals surface area (Å²) in [5.41, 5.74) is 0.903. The number of phenols is 1. The Balaban J connectivity index is 2.20. The molecule has 0 aliphatic carbocycles. The van der Waals surface area contributed by atoms with Gasteiger partial charge in [-0.3, -0.25) is 4.79 Å². The Labute approximate surface area is 113 Å². The molecule has 0 amide bonds. The van der Waals surface area contributed by atoms with Gasteiger partial charge >= 0.3 is 0 Å². The molecule has 0 spiro atoms. The van der Waals surface area contributed by atoms with Gasteiger partial charge in [0.2, 0.25) is 0 Å². The van der Waals surface area contributed by atoms with Crippen molar-refractivity contribution in [3.63, 3.8) is 0 Å². The van der Waals surface area contributed by atoms with Gasteiger partial charge in [-0.2, -0.15) is 0 Å². The highest BCUT2D eigenvalue weighted by Crippen LogP contribution is 2.29. The Hall–Kier alpha value is -1.59. The standard InChI is InChI=1S/C12H11ClN2O2S/c1-7(16)9-3-2-4-10(17)11(9)14-5-8-6-15-12(13)18-8/h2-4,6,14,17H,5H2,1H3. The fourth-order valence-corrected chi connectivity index (χ4v) is 2.48. The van der Waals surface area contributed by atoms with Crippen LogP contribution in [0.15, 0.2) is 24.4 Å². The predicted octanol–water partition coefficient (Wildman–Crippen LogP) is 3.32. The molecule has 0 aliphatic rings. The number of hydrogen-bond acceptors (Lipinski definition) is 5. The third kappa shape index (κ3) is 2.80. The highest BCUT2D eigenvalue weighted by atomic mass is 35.5. The van der Waals surface area contributed by atoms with Crippen molar-refractivity contribution in [1.82, 2.24) is 4.98 Å². The van der Waals surface area contributed by atoms with Gasteiger partial charge in [0.05, 0.1) is 12.2 Å². The number of phenolic OH excluding ortho intramolecular Hbond substituents is 1. The van der Waals surface area contributed by atoms with E-state index in [-0.39, 0.29) is 11.5 Å². The number of nitrogens with one attached hydrogen (secondary N) is 1. The Morgan fingerprint density at radius 1 is 1.56 bits per heavy atom. The summed E-state index contributed by atoms with van der Waals surface area (Å²) in [5.74, 6) is -0.0472. The van der Waals surface area contributed by atoms with E-state index < -0.39 is 0 Å². The summed E-state index contributed by atoms with van der Waals surface area (Å²) in [5, 5.41) is 12.8. The van der Waals surface area contributed by atoms with Crippen molar-refractivity contribution in [3.8, 4) is 5.75 Å². The number of carbonyl (C=O) groups excluding carboxylic acids is 1. The molecule has 0 radical (unpaired) electrons. The Bertz CT molecular complexity index is 583. The van der Waals surface area contributed by atoms with Gasteiger partial charge in [-0.25, -0.2) is 4.98 Å². The zero-order valence-electron chi connectivity index (χ0n) is 9.61. The predicted molar refractivity (Wildman–Crippen MR) is 72.6 cm³/mol. The quantitative estimate of drug-likeness (QED) is 0.667. The summed E-state index contributed by atoms with van der Waals surface area (Å²) in [6, 6.07) is 4.85. The molecule has 1 heterocycles. The molecule has 2 N–H and O–H groups in total. The van der Waals surface area contributed by atoms with Gasteiger partial charge in [-0.1, -0.05) is 17.7 Å². The van der Waals surface area contributed by atoms with Crippen LogP contribution in [0.3, 0.4) is 0 Å². The first-order chi connectivity index (χ1) is 8.58. The van der Waals surface area contributed by atoms with Crippen molar-refractivity contribution in [2.75, 3.05) is 5.32 Å². The van der Waals surface area contributed by atoms with E-state index in [2.05, 4.69) is 10.3 Å². The highest BCUT2D eigenvalue weighted by Gasteiger charge is 2.11. The lowest BCUT2D eigenvalue weighted by Crippen LogP contribution is -2.04. The second-order valence-corrected chi connectivity index (χ2v) is 5.39. The number of thiazole rings is 1. The molecule has 0 fully saturated rings. The number of carbonyl (C=O) groups is 1. The largest absolute Gasteiger partial charge is 0.506 e. The molecule has 18 heavy (non-hydrogen) atoms. The molecule has 1 aromatic heterocycles. The Kier molecular flexibility index (Phi) is 3.84. The van der Waals surface area contributed by atoms with Crippen LogP contribution in [0.4, 0.5) is 5.69 Å². The Morgan fingerprint density at radius 2 is 2.33 bits per heavy atom. The summed E-state index contributed by atoms with van der Waals surface area (Å²) in [7, 11) is 0. The summed E-state index contributed by atoms with van der Waals surface area (Å²) in [6.07, 6.45) is 1.66. The topological polar surface area (TPSA) is 62.2 Å². The maximum Gasteiger partial charge on any atom is 0.183 e. The molecule has 0 aliphatic heterocycles. The molecule has 2 aromatic rings. The first-order valence-electron chi connectivity index (χ1n) is 5.25. The summed E-state index contributed by atoms with van der Waals surface area (Å²) in [4.78, 5) is 16.3. The van der Waals surface area contributed by atoms with E-state index in [1.807, 2.05) is 0 Å². The molecule has 2 rings (SSSR count). The molecule has 0 bridgehead atoms. The van der Waals surface area contributed by atoms with Crippen molar-refractivity contribution in [2.24, 2.45) is 0 Å². The van der Waals surface area contributed by atoms with Crippen LogP contribution >= 0.6 is 22.9 Å². The lowest BCUT2D eigenvalue weighted by molar-refractivity contribution is 0.101. The molecule has 4 nitrogen and oxygen atoms in total. The smallest absolute Gasteiger partial charge is 0.183 e. The summed E-state index contributed by atoms with van der Waals surface area (Å²) >= 11 is 7.08. The maximum atomic E-state index is 11.5. The van der Waals surface area contributed by atoms with E-state index in [9.17, 15) is 9.90 Å². The van der Waals surface area contributed by atoms with Crippen LogP contribution in [0.5, 0.6) is 5.75 Å². The van der Waals surface area contributed by atoms with E-state index in [1.165, 1.54) is 24.3 Å². The van der Waals surface area contributed by atoms with Crippen molar-refractivity contribution < 1.29 is 9.90 Å². The van der Waals surface area contributed by atoms with Gasteiger partial charge in [-0.15, -0.1) is 11.3 Å².